The second kappa shape index (κ2) is 10.0. The maximum absolute atomic E-state index is 12.0. The Labute approximate surface area is 224 Å². The van der Waals surface area contributed by atoms with Crippen LogP contribution in [-0.2, 0) is 26.7 Å². The van der Waals surface area contributed by atoms with Crippen molar-refractivity contribution in [2.75, 3.05) is 0 Å². The monoisotopic (exact) mass is 474 g/mol. The van der Waals surface area contributed by atoms with Crippen LogP contribution in [0.15, 0.2) is 82.6 Å². The molecule has 0 aliphatic rings. The SMILES string of the molecule is O=S(=O)(O)c1ccc2ccccc2c1Cc1c(S(=O)(=O)O)ccc2ccccc12.[Na].[Na]. The first kappa shape index (κ1) is 26.5. The maximum atomic E-state index is 12.0. The molecule has 0 aromatic heterocycles. The van der Waals surface area contributed by atoms with Gasteiger partial charge < -0.3 is 0 Å². The van der Waals surface area contributed by atoms with Crippen LogP contribution in [0.5, 0.6) is 0 Å². The van der Waals surface area contributed by atoms with Crippen LogP contribution in [-0.4, -0.2) is 85.1 Å². The molecule has 0 aliphatic carbocycles. The molecule has 4 rings (SSSR count). The molecule has 2 N–H and O–H groups in total. The van der Waals surface area contributed by atoms with Gasteiger partial charge in [-0.25, -0.2) is 0 Å². The molecular formula is C21H16Na2O6S2. The molecule has 0 unspecified atom stereocenters. The predicted octanol–water partition coefficient (Wildman–Crippen LogP) is 3.32. The summed E-state index contributed by atoms with van der Waals surface area (Å²) in [6.07, 6.45) is -0.118. The summed E-state index contributed by atoms with van der Waals surface area (Å²) in [4.78, 5) is -0.601. The van der Waals surface area contributed by atoms with Crippen molar-refractivity contribution >= 4 is 101 Å². The van der Waals surface area contributed by atoms with Gasteiger partial charge in [0.05, 0.1) is 9.79 Å². The Kier molecular flexibility index (Phi) is 8.55. The Hall–Kier alpha value is -0.780. The molecule has 0 spiro atoms. The van der Waals surface area contributed by atoms with Gasteiger partial charge in [-0.15, -0.1) is 0 Å². The topological polar surface area (TPSA) is 109 Å². The van der Waals surface area contributed by atoms with Crippen molar-refractivity contribution in [1.82, 2.24) is 0 Å². The Bertz CT molecular complexity index is 1370. The van der Waals surface area contributed by atoms with E-state index in [-0.39, 0.29) is 86.5 Å². The van der Waals surface area contributed by atoms with Crippen LogP contribution in [0.1, 0.15) is 11.1 Å². The average molecular weight is 474 g/mol. The minimum absolute atomic E-state index is 0. The molecule has 0 bridgehead atoms. The van der Waals surface area contributed by atoms with E-state index >= 15 is 0 Å². The van der Waals surface area contributed by atoms with Gasteiger partial charge in [-0.1, -0.05) is 60.7 Å². The largest absolute Gasteiger partial charge is 0.294 e. The Morgan fingerprint density at radius 2 is 0.903 bits per heavy atom. The first-order chi connectivity index (χ1) is 13.7. The zero-order valence-corrected chi connectivity index (χ0v) is 22.6. The Morgan fingerprint density at radius 1 is 0.548 bits per heavy atom. The van der Waals surface area contributed by atoms with Gasteiger partial charge in [0, 0.05) is 65.5 Å². The molecule has 4 aromatic rings. The van der Waals surface area contributed by atoms with Crippen molar-refractivity contribution in [2.45, 2.75) is 16.2 Å². The van der Waals surface area contributed by atoms with Crippen LogP contribution >= 0.6 is 0 Å². The summed E-state index contributed by atoms with van der Waals surface area (Å²) in [5, 5.41) is 2.61. The average Bonchev–Trinajstić information content (AvgIpc) is 2.66. The third-order valence-electron chi connectivity index (χ3n) is 4.90. The van der Waals surface area contributed by atoms with Crippen molar-refractivity contribution in [3.05, 3.63) is 83.9 Å². The maximum Gasteiger partial charge on any atom is 0.294 e. The fourth-order valence-electron chi connectivity index (χ4n) is 3.66. The summed E-state index contributed by atoms with van der Waals surface area (Å²) in [6, 6.07) is 19.8. The van der Waals surface area contributed by atoms with E-state index < -0.39 is 20.2 Å². The minimum atomic E-state index is -4.56. The molecule has 0 atom stereocenters. The van der Waals surface area contributed by atoms with E-state index in [1.54, 1.807) is 60.7 Å². The molecule has 0 saturated carbocycles. The quantitative estimate of drug-likeness (QED) is 0.347. The summed E-state index contributed by atoms with van der Waals surface area (Å²) in [5.41, 5.74) is 0.513. The number of fused-ring (bicyclic) bond motifs is 2. The number of hydrogen-bond acceptors (Lipinski definition) is 4. The van der Waals surface area contributed by atoms with Gasteiger partial charge in [-0.05, 0) is 44.8 Å². The summed E-state index contributed by atoms with van der Waals surface area (Å²) in [5.74, 6) is 0. The molecule has 0 fully saturated rings. The normalized spacial score (nSPS) is 11.7. The van der Waals surface area contributed by atoms with Gasteiger partial charge in [-0.3, -0.25) is 9.11 Å². The molecule has 10 heteroatoms. The molecule has 0 amide bonds. The number of benzene rings is 4. The molecule has 0 saturated heterocycles. The molecule has 150 valence electrons. The summed E-state index contributed by atoms with van der Waals surface area (Å²) >= 11 is 0. The predicted molar refractivity (Wildman–Crippen MR) is 122 cm³/mol. The molecular weight excluding hydrogens is 458 g/mol. The van der Waals surface area contributed by atoms with Gasteiger partial charge in [0.15, 0.2) is 0 Å². The van der Waals surface area contributed by atoms with Gasteiger partial charge in [0.2, 0.25) is 0 Å². The molecule has 4 aromatic carbocycles. The van der Waals surface area contributed by atoms with Crippen LogP contribution in [0.2, 0.25) is 0 Å². The summed E-state index contributed by atoms with van der Waals surface area (Å²) < 4.78 is 67.6. The number of hydrogen-bond donors (Lipinski definition) is 2. The standard InChI is InChI=1S/C21H16O6S2.2Na/c22-28(23,24)20-11-9-14-5-1-3-7-16(14)18(20)13-19-17-8-4-2-6-15(17)10-12-21(19)29(25,26)27;;/h1-12H,13H2,(H,22,23,24)(H,25,26,27);;. The minimum Gasteiger partial charge on any atom is -0.282 e. The molecule has 0 aliphatic heterocycles. The Balaban J connectivity index is 0.00000171. The van der Waals surface area contributed by atoms with Crippen molar-refractivity contribution in [1.29, 1.82) is 0 Å². The zero-order chi connectivity index (χ0) is 20.8. The van der Waals surface area contributed by atoms with E-state index in [1.807, 2.05) is 0 Å². The van der Waals surface area contributed by atoms with E-state index in [1.165, 1.54) is 12.1 Å². The fourth-order valence-corrected chi connectivity index (χ4v) is 5.12. The third kappa shape index (κ3) is 5.42. The fraction of sp³-hybridized carbons (Fsp3) is 0.0476. The second-order valence-corrected chi connectivity index (χ2v) is 9.43. The van der Waals surface area contributed by atoms with E-state index in [0.717, 1.165) is 10.8 Å². The van der Waals surface area contributed by atoms with Crippen LogP contribution in [0, 0.1) is 0 Å². The van der Waals surface area contributed by atoms with Gasteiger partial charge in [-0.2, -0.15) is 16.8 Å². The summed E-state index contributed by atoms with van der Waals surface area (Å²) in [7, 11) is -9.12. The van der Waals surface area contributed by atoms with Crippen LogP contribution in [0.3, 0.4) is 0 Å². The summed E-state index contributed by atoms with van der Waals surface area (Å²) in [6.45, 7) is 0. The van der Waals surface area contributed by atoms with Crippen molar-refractivity contribution in [3.8, 4) is 0 Å². The van der Waals surface area contributed by atoms with Crippen LogP contribution < -0.4 is 0 Å². The van der Waals surface area contributed by atoms with E-state index in [2.05, 4.69) is 0 Å². The molecule has 6 nitrogen and oxygen atoms in total. The third-order valence-corrected chi connectivity index (χ3v) is 6.78. The molecule has 0 heterocycles. The first-order valence-corrected chi connectivity index (χ1v) is 11.5. The van der Waals surface area contributed by atoms with Crippen molar-refractivity contribution in [3.63, 3.8) is 0 Å². The van der Waals surface area contributed by atoms with E-state index in [9.17, 15) is 25.9 Å². The Morgan fingerprint density at radius 3 is 1.26 bits per heavy atom. The number of rotatable bonds is 4. The smallest absolute Gasteiger partial charge is 0.282 e. The van der Waals surface area contributed by atoms with Gasteiger partial charge >= 0.3 is 0 Å². The second-order valence-electron chi connectivity index (χ2n) is 6.65. The van der Waals surface area contributed by atoms with E-state index in [0.29, 0.717) is 10.8 Å². The molecule has 31 heavy (non-hydrogen) atoms. The van der Waals surface area contributed by atoms with Gasteiger partial charge in [0.25, 0.3) is 20.2 Å². The van der Waals surface area contributed by atoms with Crippen LogP contribution in [0.4, 0.5) is 0 Å². The van der Waals surface area contributed by atoms with Crippen LogP contribution in [0.25, 0.3) is 21.5 Å². The molecule has 2 radical (unpaired) electrons. The zero-order valence-electron chi connectivity index (χ0n) is 17.0. The first-order valence-electron chi connectivity index (χ1n) is 8.62. The van der Waals surface area contributed by atoms with Crippen molar-refractivity contribution in [2.24, 2.45) is 0 Å². The van der Waals surface area contributed by atoms with Gasteiger partial charge in [0.1, 0.15) is 0 Å². The van der Waals surface area contributed by atoms with Crippen molar-refractivity contribution < 1.29 is 25.9 Å². The van der Waals surface area contributed by atoms with E-state index in [4.69, 9.17) is 0 Å².